The molecule has 5 nitrogen and oxygen atoms in total. The van der Waals surface area contributed by atoms with E-state index in [9.17, 15) is 9.59 Å². The van der Waals surface area contributed by atoms with Crippen LogP contribution in [-0.2, 0) is 9.59 Å². The molecule has 1 aromatic rings. The molecule has 98 valence electrons. The lowest BCUT2D eigenvalue weighted by atomic mass is 10.2. The van der Waals surface area contributed by atoms with E-state index in [1.165, 1.54) is 0 Å². The summed E-state index contributed by atoms with van der Waals surface area (Å²) in [5.41, 5.74) is 1.01. The van der Waals surface area contributed by atoms with E-state index in [0.29, 0.717) is 11.3 Å². The molecule has 0 heterocycles. The van der Waals surface area contributed by atoms with Gasteiger partial charge in [-0.15, -0.1) is 0 Å². The summed E-state index contributed by atoms with van der Waals surface area (Å²) in [4.78, 5) is 23.3. The molecule has 0 saturated heterocycles. The fraction of sp³-hybridized carbons (Fsp3) is 0.357. The Morgan fingerprint density at radius 2 is 1.74 bits per heavy atom. The zero-order valence-electron chi connectivity index (χ0n) is 10.5. The van der Waals surface area contributed by atoms with E-state index in [1.807, 2.05) is 6.07 Å². The number of rotatable bonds is 2. The van der Waals surface area contributed by atoms with Crippen molar-refractivity contribution in [2.75, 3.05) is 5.32 Å². The van der Waals surface area contributed by atoms with Crippen molar-refractivity contribution in [2.24, 2.45) is 0 Å². The quantitative estimate of drug-likeness (QED) is 0.789. The summed E-state index contributed by atoms with van der Waals surface area (Å²) in [5.74, 6) is -1.27. The van der Waals surface area contributed by atoms with Crippen LogP contribution >= 0.6 is 0 Å². The number of nitriles is 1. The highest BCUT2D eigenvalue weighted by molar-refractivity contribution is 6.39. The fourth-order valence-electron chi connectivity index (χ4n) is 2.14. The molecule has 0 aliphatic heterocycles. The number of benzene rings is 1. The summed E-state index contributed by atoms with van der Waals surface area (Å²) in [6.45, 7) is 0. The van der Waals surface area contributed by atoms with Gasteiger partial charge in [0.15, 0.2) is 0 Å². The van der Waals surface area contributed by atoms with Gasteiger partial charge in [0.1, 0.15) is 0 Å². The number of anilines is 1. The number of carbonyl (C=O) groups excluding carboxylic acids is 2. The van der Waals surface area contributed by atoms with Crippen molar-refractivity contribution in [3.63, 3.8) is 0 Å². The second-order valence-corrected chi connectivity index (χ2v) is 4.60. The Kier molecular flexibility index (Phi) is 4.14. The Labute approximate surface area is 111 Å². The first kappa shape index (κ1) is 13.1. The van der Waals surface area contributed by atoms with Gasteiger partial charge in [-0.2, -0.15) is 5.26 Å². The van der Waals surface area contributed by atoms with E-state index >= 15 is 0 Å². The highest BCUT2D eigenvalue weighted by atomic mass is 16.2. The molecule has 2 rings (SSSR count). The standard InChI is InChI=1S/C14H15N3O2/c15-9-10-5-7-12(8-6-10)17-14(19)13(18)16-11-3-1-2-4-11/h5-8,11H,1-4H2,(H,16,18)(H,17,19). The highest BCUT2D eigenvalue weighted by Gasteiger charge is 2.21. The molecular formula is C14H15N3O2. The molecule has 1 aliphatic rings. The number of nitrogens with one attached hydrogen (secondary N) is 2. The van der Waals surface area contributed by atoms with E-state index in [4.69, 9.17) is 5.26 Å². The van der Waals surface area contributed by atoms with Crippen molar-refractivity contribution >= 4 is 17.5 Å². The summed E-state index contributed by atoms with van der Waals surface area (Å²) in [7, 11) is 0. The second-order valence-electron chi connectivity index (χ2n) is 4.60. The van der Waals surface area contributed by atoms with Crippen LogP contribution in [0.15, 0.2) is 24.3 Å². The molecule has 2 amide bonds. The van der Waals surface area contributed by atoms with E-state index in [-0.39, 0.29) is 6.04 Å². The van der Waals surface area contributed by atoms with Crippen LogP contribution in [0, 0.1) is 11.3 Å². The molecule has 0 bridgehead atoms. The monoisotopic (exact) mass is 257 g/mol. The maximum atomic E-state index is 11.7. The van der Waals surface area contributed by atoms with E-state index in [0.717, 1.165) is 25.7 Å². The normalized spacial score (nSPS) is 14.7. The van der Waals surface area contributed by atoms with Crippen LogP contribution < -0.4 is 10.6 Å². The first-order valence-corrected chi connectivity index (χ1v) is 6.31. The fourth-order valence-corrected chi connectivity index (χ4v) is 2.14. The lowest BCUT2D eigenvalue weighted by Gasteiger charge is -2.11. The number of nitrogens with zero attached hydrogens (tertiary/aromatic N) is 1. The van der Waals surface area contributed by atoms with Gasteiger partial charge in [0.2, 0.25) is 0 Å². The van der Waals surface area contributed by atoms with E-state index in [1.54, 1.807) is 24.3 Å². The molecule has 0 unspecified atom stereocenters. The van der Waals surface area contributed by atoms with Crippen LogP contribution in [0.2, 0.25) is 0 Å². The van der Waals surface area contributed by atoms with Gasteiger partial charge >= 0.3 is 11.8 Å². The van der Waals surface area contributed by atoms with Crippen molar-refractivity contribution in [3.05, 3.63) is 29.8 Å². The molecule has 1 aromatic carbocycles. The molecular weight excluding hydrogens is 242 g/mol. The van der Waals surface area contributed by atoms with Crippen molar-refractivity contribution in [1.29, 1.82) is 5.26 Å². The zero-order valence-corrected chi connectivity index (χ0v) is 10.5. The minimum Gasteiger partial charge on any atom is -0.345 e. The molecule has 0 aromatic heterocycles. The van der Waals surface area contributed by atoms with Crippen LogP contribution in [0.1, 0.15) is 31.2 Å². The summed E-state index contributed by atoms with van der Waals surface area (Å²) in [6, 6.07) is 8.48. The molecule has 5 heteroatoms. The Bertz CT molecular complexity index is 510. The van der Waals surface area contributed by atoms with E-state index < -0.39 is 11.8 Å². The minimum absolute atomic E-state index is 0.124. The molecule has 1 saturated carbocycles. The van der Waals surface area contributed by atoms with Gasteiger partial charge in [0.05, 0.1) is 11.6 Å². The van der Waals surface area contributed by atoms with Gasteiger partial charge in [0.25, 0.3) is 0 Å². The van der Waals surface area contributed by atoms with Crippen molar-refractivity contribution in [2.45, 2.75) is 31.7 Å². The summed E-state index contributed by atoms with van der Waals surface area (Å²) < 4.78 is 0. The minimum atomic E-state index is -0.670. The van der Waals surface area contributed by atoms with Gasteiger partial charge in [-0.25, -0.2) is 0 Å². The molecule has 0 atom stereocenters. The van der Waals surface area contributed by atoms with Gasteiger partial charge < -0.3 is 10.6 Å². The molecule has 2 N–H and O–H groups in total. The van der Waals surface area contributed by atoms with Crippen molar-refractivity contribution in [1.82, 2.24) is 5.32 Å². The third kappa shape index (κ3) is 3.55. The molecule has 1 aliphatic carbocycles. The Balaban J connectivity index is 1.88. The first-order valence-electron chi connectivity index (χ1n) is 6.31. The van der Waals surface area contributed by atoms with Gasteiger partial charge in [0, 0.05) is 11.7 Å². The zero-order chi connectivity index (χ0) is 13.7. The van der Waals surface area contributed by atoms with Gasteiger partial charge in [-0.05, 0) is 37.1 Å². The molecule has 1 fully saturated rings. The molecule has 0 spiro atoms. The number of amides is 2. The molecule has 19 heavy (non-hydrogen) atoms. The average molecular weight is 257 g/mol. The van der Waals surface area contributed by atoms with Crippen LogP contribution in [0.3, 0.4) is 0 Å². The van der Waals surface area contributed by atoms with Crippen molar-refractivity contribution < 1.29 is 9.59 Å². The highest BCUT2D eigenvalue weighted by Crippen LogP contribution is 2.17. The maximum absolute atomic E-state index is 11.7. The molecule has 0 radical (unpaired) electrons. The Morgan fingerprint density at radius 3 is 2.32 bits per heavy atom. The number of hydrogen-bond acceptors (Lipinski definition) is 3. The average Bonchev–Trinajstić information content (AvgIpc) is 2.92. The first-order chi connectivity index (χ1) is 9.19. The Hall–Kier alpha value is -2.35. The number of hydrogen-bond donors (Lipinski definition) is 2. The van der Waals surface area contributed by atoms with Crippen LogP contribution in [0.25, 0.3) is 0 Å². The third-order valence-electron chi connectivity index (χ3n) is 3.17. The number of carbonyl (C=O) groups is 2. The maximum Gasteiger partial charge on any atom is 0.313 e. The van der Waals surface area contributed by atoms with Crippen molar-refractivity contribution in [3.8, 4) is 6.07 Å². The smallest absolute Gasteiger partial charge is 0.313 e. The topological polar surface area (TPSA) is 82.0 Å². The van der Waals surface area contributed by atoms with Crippen LogP contribution in [0.5, 0.6) is 0 Å². The lowest BCUT2D eigenvalue weighted by Crippen LogP contribution is -2.40. The summed E-state index contributed by atoms with van der Waals surface area (Å²) in [6.07, 6.45) is 4.08. The summed E-state index contributed by atoms with van der Waals surface area (Å²) >= 11 is 0. The largest absolute Gasteiger partial charge is 0.345 e. The predicted octanol–water partition coefficient (Wildman–Crippen LogP) is 1.56. The predicted molar refractivity (Wildman–Crippen MR) is 70.2 cm³/mol. The Morgan fingerprint density at radius 1 is 1.11 bits per heavy atom. The van der Waals surface area contributed by atoms with Crippen LogP contribution in [0.4, 0.5) is 5.69 Å². The van der Waals surface area contributed by atoms with E-state index in [2.05, 4.69) is 10.6 Å². The lowest BCUT2D eigenvalue weighted by molar-refractivity contribution is -0.136. The third-order valence-corrected chi connectivity index (χ3v) is 3.17. The van der Waals surface area contributed by atoms with Crippen LogP contribution in [-0.4, -0.2) is 17.9 Å². The van der Waals surface area contributed by atoms with Gasteiger partial charge in [-0.1, -0.05) is 12.8 Å². The second kappa shape index (κ2) is 6.01. The SMILES string of the molecule is N#Cc1ccc(NC(=O)C(=O)NC2CCCC2)cc1. The summed E-state index contributed by atoms with van der Waals surface area (Å²) in [5, 5.41) is 13.9. The van der Waals surface area contributed by atoms with Gasteiger partial charge in [-0.3, -0.25) is 9.59 Å².